The first-order valence-electron chi connectivity index (χ1n) is 20.7. The first-order valence-corrected chi connectivity index (χ1v) is 20.7. The van der Waals surface area contributed by atoms with Crippen LogP contribution >= 0.6 is 0 Å². The number of pyridine rings is 4. The van der Waals surface area contributed by atoms with Gasteiger partial charge in [0.25, 0.3) is 0 Å². The zero-order valence-corrected chi connectivity index (χ0v) is 39.8. The summed E-state index contributed by atoms with van der Waals surface area (Å²) < 4.78 is 6.01. The molecule has 11 rings (SSSR count). The van der Waals surface area contributed by atoms with Gasteiger partial charge in [-0.25, -0.2) is 16.0 Å². The predicted molar refractivity (Wildman–Crippen MR) is 248 cm³/mol. The number of fused-ring (bicyclic) bond motifs is 3. The number of anilines is 9. The molecule has 0 fully saturated rings. The smallest absolute Gasteiger partial charge is 0.124 e. The van der Waals surface area contributed by atoms with Crippen molar-refractivity contribution in [2.24, 2.45) is 0 Å². The van der Waals surface area contributed by atoms with Crippen molar-refractivity contribution in [2.75, 3.05) is 49.5 Å². The molecule has 4 aromatic carbocycles. The van der Waals surface area contributed by atoms with E-state index in [4.69, 9.17) is 4.74 Å². The van der Waals surface area contributed by atoms with Gasteiger partial charge in [-0.1, -0.05) is 12.1 Å². The van der Waals surface area contributed by atoms with Gasteiger partial charge in [-0.3, -0.25) is 0 Å². The molecule has 1 radical (unpaired) electrons. The minimum atomic E-state index is 0. The van der Waals surface area contributed by atoms with Gasteiger partial charge in [-0.2, -0.15) is 98.9 Å². The molecule has 0 saturated heterocycles. The minimum Gasteiger partial charge on any atom is -0.510 e. The Morgan fingerprint density at radius 1 is 0.477 bits per heavy atom. The molecule has 7 heterocycles. The largest absolute Gasteiger partial charge is 0.510 e. The molecule has 3 aliphatic rings. The molecule has 11 nitrogen and oxygen atoms in total. The van der Waals surface area contributed by atoms with Crippen LogP contribution in [0.3, 0.4) is 0 Å². The molecule has 3 aliphatic heterocycles. The normalized spacial score (nSPS) is 13.2. The topological polar surface area (TPSA) is 80.2 Å². The van der Waals surface area contributed by atoms with Gasteiger partial charge in [-0.15, -0.1) is 58.8 Å². The van der Waals surface area contributed by atoms with E-state index in [1.54, 1.807) is 24.5 Å². The van der Waals surface area contributed by atoms with Crippen molar-refractivity contribution in [1.29, 1.82) is 0 Å². The summed E-state index contributed by atoms with van der Waals surface area (Å²) in [7, 11) is 2.03. The van der Waals surface area contributed by atoms with Gasteiger partial charge < -0.3 is 44.1 Å². The maximum absolute atomic E-state index is 6.01. The van der Waals surface area contributed by atoms with Crippen LogP contribution in [-0.2, 0) is 41.2 Å². The fourth-order valence-electron chi connectivity index (χ4n) is 7.66. The average molecular weight is 1210 g/mol. The van der Waals surface area contributed by atoms with Crippen LogP contribution in [-0.4, -0.2) is 40.1 Å². The number of hydrogen-bond acceptors (Lipinski definition) is 11. The van der Waals surface area contributed by atoms with Crippen molar-refractivity contribution in [1.82, 2.24) is 19.9 Å². The van der Waals surface area contributed by atoms with Gasteiger partial charge in [0.15, 0.2) is 0 Å². The third-order valence-electron chi connectivity index (χ3n) is 10.6. The monoisotopic (exact) mass is 1210 g/mol. The standard InChI is InChI=1S/C28H24N6.C24H16N4O.Ir.Pt/c1-3-11-23(12-4-1)33-21-31(25-15-9-17-29-27(25)33)19-7-8-20-32-22-34(24-13-5-2-6-14-24)28-26(32)16-10-18-30-28;1-27-17-28(24-11-3-2-10-23(24)27)18-7-6-8-19(15-18)29-20-12-14-26-22(16-20)21-9-4-5-13-25-21;;/h1-6,9-11,13,15-18,21-22H,7-8,19-20H2;2-8,10-14,17H,1H3;;/q2*-4;;. The van der Waals surface area contributed by atoms with Gasteiger partial charge in [0, 0.05) is 87.8 Å². The molecule has 4 aromatic heterocycles. The van der Waals surface area contributed by atoms with Crippen LogP contribution in [0.5, 0.6) is 11.5 Å². The fourth-order valence-corrected chi connectivity index (χ4v) is 7.66. The van der Waals surface area contributed by atoms with E-state index in [1.165, 1.54) is 0 Å². The number of aromatic nitrogens is 4. The van der Waals surface area contributed by atoms with Crippen molar-refractivity contribution < 1.29 is 45.9 Å². The first-order chi connectivity index (χ1) is 31.2. The predicted octanol–water partition coefficient (Wildman–Crippen LogP) is 10.8. The maximum Gasteiger partial charge on any atom is 0.124 e. The molecule has 0 N–H and O–H groups in total. The molecule has 0 amide bonds. The van der Waals surface area contributed by atoms with E-state index >= 15 is 0 Å². The zero-order chi connectivity index (χ0) is 42.4. The van der Waals surface area contributed by atoms with E-state index in [9.17, 15) is 0 Å². The van der Waals surface area contributed by atoms with Gasteiger partial charge in [-0.05, 0) is 81.8 Å². The molecular formula is C52H40IrN10OPt-8. The molecule has 331 valence electrons. The molecule has 0 bridgehead atoms. The van der Waals surface area contributed by atoms with Crippen LogP contribution in [0.25, 0.3) is 11.4 Å². The van der Waals surface area contributed by atoms with E-state index in [-0.39, 0.29) is 41.2 Å². The van der Waals surface area contributed by atoms with Crippen LogP contribution in [0.1, 0.15) is 12.8 Å². The van der Waals surface area contributed by atoms with Crippen LogP contribution in [0.4, 0.5) is 51.4 Å². The summed E-state index contributed by atoms with van der Waals surface area (Å²) in [5.41, 5.74) is 8.62. The summed E-state index contributed by atoms with van der Waals surface area (Å²) in [5.74, 6) is 3.05. The van der Waals surface area contributed by atoms with Crippen molar-refractivity contribution in [3.8, 4) is 22.9 Å². The van der Waals surface area contributed by atoms with Crippen molar-refractivity contribution in [3.05, 3.63) is 209 Å². The summed E-state index contributed by atoms with van der Waals surface area (Å²) in [6, 6.07) is 59.8. The second kappa shape index (κ2) is 20.9. The molecule has 65 heavy (non-hydrogen) atoms. The minimum absolute atomic E-state index is 0. The molecule has 13 heteroatoms. The molecule has 0 saturated carbocycles. The van der Waals surface area contributed by atoms with Crippen molar-refractivity contribution >= 4 is 51.4 Å². The summed E-state index contributed by atoms with van der Waals surface area (Å²) in [4.78, 5) is 30.8. The molecule has 0 spiro atoms. The Morgan fingerprint density at radius 2 is 1.03 bits per heavy atom. The molecule has 0 unspecified atom stereocenters. The second-order valence-electron chi connectivity index (χ2n) is 14.8. The number of unbranched alkanes of at least 4 members (excludes halogenated alkanes) is 1. The number of ether oxygens (including phenoxy) is 1. The van der Waals surface area contributed by atoms with Crippen LogP contribution in [0.15, 0.2) is 158 Å². The second-order valence-corrected chi connectivity index (χ2v) is 14.8. The van der Waals surface area contributed by atoms with E-state index in [0.29, 0.717) is 22.9 Å². The SMILES string of the molecule is CN1[CH-]N(c2[c-]c(Oc3[c-]c(-c4[c-]cccn4)ncc3)ccc2)c2ccccc21.[Ir].[Pt].[c-]1ccccc1N1[CH-]N(CCCCN2[CH-]N(c3[c-]cccc3)c3ncccc32)c2cccnc21. The van der Waals surface area contributed by atoms with Crippen LogP contribution in [0.2, 0.25) is 0 Å². The maximum atomic E-state index is 6.01. The summed E-state index contributed by atoms with van der Waals surface area (Å²) in [6.45, 7) is 8.15. The third kappa shape index (κ3) is 9.91. The Hall–Kier alpha value is -6.58. The van der Waals surface area contributed by atoms with Crippen molar-refractivity contribution in [2.45, 2.75) is 12.8 Å². The first kappa shape index (κ1) is 45.0. The third-order valence-corrected chi connectivity index (χ3v) is 10.6. The molecular weight excluding hydrogens is 1170 g/mol. The average Bonchev–Trinajstić information content (AvgIpc) is 4.03. The van der Waals surface area contributed by atoms with E-state index in [0.717, 1.165) is 77.4 Å². The Labute approximate surface area is 408 Å². The quantitative estimate of drug-likeness (QED) is 0.0918. The Morgan fingerprint density at radius 3 is 1.65 bits per heavy atom. The Balaban J connectivity index is 0.000000174. The number of benzene rings is 4. The number of hydrogen-bond donors (Lipinski definition) is 0. The summed E-state index contributed by atoms with van der Waals surface area (Å²) >= 11 is 0. The van der Waals surface area contributed by atoms with E-state index < -0.39 is 0 Å². The van der Waals surface area contributed by atoms with Crippen LogP contribution in [0, 0.1) is 50.3 Å². The summed E-state index contributed by atoms with van der Waals surface area (Å²) in [5, 5.41) is 0. The number of para-hydroxylation sites is 4. The molecule has 0 atom stereocenters. The van der Waals surface area contributed by atoms with Crippen molar-refractivity contribution in [3.63, 3.8) is 0 Å². The van der Waals surface area contributed by atoms with Gasteiger partial charge in [0.05, 0.1) is 0 Å². The van der Waals surface area contributed by atoms with E-state index in [2.05, 4.69) is 129 Å². The fraction of sp³-hybridized carbons (Fsp3) is 0.0962. The van der Waals surface area contributed by atoms with E-state index in [1.807, 2.05) is 111 Å². The van der Waals surface area contributed by atoms with Gasteiger partial charge in [0.1, 0.15) is 11.6 Å². The Bertz CT molecular complexity index is 2690. The molecule has 8 aromatic rings. The number of rotatable bonds is 11. The Kier molecular flexibility index (Phi) is 14.5. The van der Waals surface area contributed by atoms with Crippen LogP contribution < -0.4 is 34.1 Å². The zero-order valence-electron chi connectivity index (χ0n) is 35.1. The summed E-state index contributed by atoms with van der Waals surface area (Å²) in [6.07, 6.45) is 9.16. The molecule has 0 aliphatic carbocycles. The number of nitrogens with zero attached hydrogens (tertiary/aromatic N) is 10. The van der Waals surface area contributed by atoms with Gasteiger partial charge in [0.2, 0.25) is 0 Å². The van der Waals surface area contributed by atoms with Gasteiger partial charge >= 0.3 is 0 Å².